The van der Waals surface area contributed by atoms with Crippen molar-refractivity contribution in [2.24, 2.45) is 29.6 Å². The van der Waals surface area contributed by atoms with Crippen LogP contribution in [0.3, 0.4) is 0 Å². The second-order valence-electron chi connectivity index (χ2n) is 7.66. The Kier molecular flexibility index (Phi) is 2.96. The Hall–Kier alpha value is -0.820. The molecule has 0 radical (unpaired) electrons. The smallest absolute Gasteiger partial charge is 0.0138 e. The molecule has 0 aromatic heterocycles. The van der Waals surface area contributed by atoms with Crippen molar-refractivity contribution in [2.75, 3.05) is 7.05 Å². The van der Waals surface area contributed by atoms with Crippen LogP contribution in [0.5, 0.6) is 0 Å². The summed E-state index contributed by atoms with van der Waals surface area (Å²) in [7, 11) is 2.17. The molecule has 1 aromatic carbocycles. The lowest BCUT2D eigenvalue weighted by Gasteiger charge is -2.20. The van der Waals surface area contributed by atoms with Crippen molar-refractivity contribution in [3.63, 3.8) is 0 Å². The van der Waals surface area contributed by atoms with Crippen molar-refractivity contribution in [2.45, 2.75) is 45.6 Å². The Morgan fingerprint density at radius 2 is 1.65 bits per heavy atom. The highest BCUT2D eigenvalue weighted by atomic mass is 14.9. The molecule has 3 fully saturated rings. The first-order valence-corrected chi connectivity index (χ1v) is 8.42. The summed E-state index contributed by atoms with van der Waals surface area (Å²) in [5.41, 5.74) is 4.34. The van der Waals surface area contributed by atoms with E-state index in [4.69, 9.17) is 0 Å². The molecule has 5 unspecified atom stereocenters. The van der Waals surface area contributed by atoms with Crippen LogP contribution in [0.2, 0.25) is 0 Å². The van der Waals surface area contributed by atoms with E-state index in [1.54, 1.807) is 6.42 Å². The van der Waals surface area contributed by atoms with Gasteiger partial charge in [-0.2, -0.15) is 0 Å². The lowest BCUT2D eigenvalue weighted by Crippen LogP contribution is -2.32. The minimum atomic E-state index is 0.703. The fourth-order valence-corrected chi connectivity index (χ4v) is 5.80. The summed E-state index contributed by atoms with van der Waals surface area (Å²) in [6, 6.07) is 7.74. The normalized spacial score (nSPS) is 38.9. The fourth-order valence-electron chi connectivity index (χ4n) is 5.80. The Morgan fingerprint density at radius 3 is 2.20 bits per heavy atom. The summed E-state index contributed by atoms with van der Waals surface area (Å²) < 4.78 is 0. The number of rotatable bonds is 4. The minimum absolute atomic E-state index is 0.703. The Morgan fingerprint density at radius 1 is 1.05 bits per heavy atom. The summed E-state index contributed by atoms with van der Waals surface area (Å²) in [5.74, 6) is 5.32. The van der Waals surface area contributed by atoms with Crippen LogP contribution in [0.25, 0.3) is 0 Å². The summed E-state index contributed by atoms with van der Waals surface area (Å²) in [5, 5.41) is 3.65. The van der Waals surface area contributed by atoms with E-state index in [-0.39, 0.29) is 0 Å². The van der Waals surface area contributed by atoms with Gasteiger partial charge < -0.3 is 5.32 Å². The SMILES string of the molecule is CNC(Cc1cc(C)cc(C)c1)C1C2C3CCC(C3)C21. The lowest BCUT2D eigenvalue weighted by molar-refractivity contribution is 0.376. The summed E-state index contributed by atoms with van der Waals surface area (Å²) in [6.45, 7) is 4.44. The third kappa shape index (κ3) is 1.94. The fraction of sp³-hybridized carbons (Fsp3) is 0.684. The third-order valence-corrected chi connectivity index (χ3v) is 6.37. The highest BCUT2D eigenvalue weighted by Crippen LogP contribution is 2.70. The predicted molar refractivity (Wildman–Crippen MR) is 83.8 cm³/mol. The standard InChI is InChI=1S/C19H27N/c1-11-6-12(2)8-13(7-11)9-16(20-3)19-17-14-4-5-15(10-14)18(17)19/h6-8,14-20H,4-5,9-10H2,1-3H3. The summed E-state index contributed by atoms with van der Waals surface area (Å²) in [6.07, 6.45) is 5.84. The van der Waals surface area contributed by atoms with Gasteiger partial charge in [0, 0.05) is 6.04 Å². The Bertz CT molecular complexity index is 484. The van der Waals surface area contributed by atoms with Gasteiger partial charge >= 0.3 is 0 Å². The first-order valence-electron chi connectivity index (χ1n) is 8.42. The summed E-state index contributed by atoms with van der Waals surface area (Å²) >= 11 is 0. The number of likely N-dealkylation sites (N-methyl/N-ethyl adjacent to an activating group) is 1. The molecule has 1 nitrogen and oxygen atoms in total. The number of aryl methyl sites for hydroxylation is 2. The molecule has 1 aromatic rings. The highest BCUT2D eigenvalue weighted by Gasteiger charge is 2.66. The zero-order chi connectivity index (χ0) is 13.9. The van der Waals surface area contributed by atoms with Crippen molar-refractivity contribution in [1.82, 2.24) is 5.32 Å². The summed E-state index contributed by atoms with van der Waals surface area (Å²) in [4.78, 5) is 0. The Labute approximate surface area is 123 Å². The van der Waals surface area contributed by atoms with E-state index in [0.717, 1.165) is 29.6 Å². The molecule has 0 amide bonds. The van der Waals surface area contributed by atoms with E-state index < -0.39 is 0 Å². The first-order chi connectivity index (χ1) is 9.67. The molecule has 3 aliphatic carbocycles. The predicted octanol–water partition coefficient (Wildman–Crippen LogP) is 3.73. The van der Waals surface area contributed by atoms with Crippen LogP contribution in [-0.4, -0.2) is 13.1 Å². The molecule has 5 atom stereocenters. The van der Waals surface area contributed by atoms with Gasteiger partial charge in [0.25, 0.3) is 0 Å². The van der Waals surface area contributed by atoms with E-state index in [1.807, 2.05) is 0 Å². The molecule has 4 rings (SSSR count). The Balaban J connectivity index is 1.50. The van der Waals surface area contributed by atoms with Crippen molar-refractivity contribution in [3.05, 3.63) is 34.9 Å². The molecule has 1 heteroatoms. The van der Waals surface area contributed by atoms with Crippen LogP contribution in [0.15, 0.2) is 18.2 Å². The number of benzene rings is 1. The number of fused-ring (bicyclic) bond motifs is 5. The van der Waals surface area contributed by atoms with Gasteiger partial charge in [0.2, 0.25) is 0 Å². The molecule has 3 saturated carbocycles. The zero-order valence-electron chi connectivity index (χ0n) is 13.0. The second kappa shape index (κ2) is 4.59. The number of hydrogen-bond acceptors (Lipinski definition) is 1. The second-order valence-corrected chi connectivity index (χ2v) is 7.66. The average Bonchev–Trinajstić information content (AvgIpc) is 2.82. The van der Waals surface area contributed by atoms with Gasteiger partial charge in [-0.05, 0) is 81.7 Å². The van der Waals surface area contributed by atoms with Gasteiger partial charge in [-0.1, -0.05) is 29.3 Å². The topological polar surface area (TPSA) is 12.0 Å². The molecular weight excluding hydrogens is 242 g/mol. The minimum Gasteiger partial charge on any atom is -0.316 e. The molecule has 0 spiro atoms. The van der Waals surface area contributed by atoms with Crippen molar-refractivity contribution in [1.29, 1.82) is 0 Å². The maximum Gasteiger partial charge on any atom is 0.0138 e. The maximum absolute atomic E-state index is 3.65. The van der Waals surface area contributed by atoms with Crippen molar-refractivity contribution < 1.29 is 0 Å². The van der Waals surface area contributed by atoms with Crippen LogP contribution in [0, 0.1) is 43.4 Å². The van der Waals surface area contributed by atoms with Crippen LogP contribution in [0.1, 0.15) is 36.0 Å². The molecule has 1 N–H and O–H groups in total. The largest absolute Gasteiger partial charge is 0.316 e. The van der Waals surface area contributed by atoms with Gasteiger partial charge in [0.1, 0.15) is 0 Å². The molecule has 20 heavy (non-hydrogen) atoms. The lowest BCUT2D eigenvalue weighted by atomic mass is 9.92. The molecule has 108 valence electrons. The number of nitrogens with one attached hydrogen (secondary N) is 1. The van der Waals surface area contributed by atoms with Crippen molar-refractivity contribution in [3.8, 4) is 0 Å². The van der Waals surface area contributed by atoms with Gasteiger partial charge in [0.15, 0.2) is 0 Å². The van der Waals surface area contributed by atoms with Crippen LogP contribution in [-0.2, 0) is 6.42 Å². The highest BCUT2D eigenvalue weighted by molar-refractivity contribution is 5.30. The first kappa shape index (κ1) is 12.9. The molecule has 0 aliphatic heterocycles. The van der Waals surface area contributed by atoms with Gasteiger partial charge in [-0.25, -0.2) is 0 Å². The molecular formula is C19H27N. The van der Waals surface area contributed by atoms with Gasteiger partial charge in [0.05, 0.1) is 0 Å². The van der Waals surface area contributed by atoms with Gasteiger partial charge in [-0.15, -0.1) is 0 Å². The monoisotopic (exact) mass is 269 g/mol. The van der Waals surface area contributed by atoms with E-state index in [2.05, 4.69) is 44.4 Å². The van der Waals surface area contributed by atoms with Crippen LogP contribution in [0.4, 0.5) is 0 Å². The van der Waals surface area contributed by atoms with Crippen LogP contribution >= 0.6 is 0 Å². The van der Waals surface area contributed by atoms with E-state index in [1.165, 1.54) is 36.0 Å². The van der Waals surface area contributed by atoms with E-state index in [9.17, 15) is 0 Å². The third-order valence-electron chi connectivity index (χ3n) is 6.37. The number of hydrogen-bond donors (Lipinski definition) is 1. The van der Waals surface area contributed by atoms with Crippen molar-refractivity contribution >= 4 is 0 Å². The zero-order valence-corrected chi connectivity index (χ0v) is 13.0. The van der Waals surface area contributed by atoms with Crippen LogP contribution < -0.4 is 5.32 Å². The maximum atomic E-state index is 3.65. The van der Waals surface area contributed by atoms with E-state index >= 15 is 0 Å². The molecule has 0 saturated heterocycles. The van der Waals surface area contributed by atoms with Gasteiger partial charge in [-0.3, -0.25) is 0 Å². The molecule has 0 heterocycles. The quantitative estimate of drug-likeness (QED) is 0.878. The van der Waals surface area contributed by atoms with E-state index in [0.29, 0.717) is 6.04 Å². The average molecular weight is 269 g/mol. The molecule has 2 bridgehead atoms. The molecule has 3 aliphatic rings.